The number of methoxy groups -OCH3 is 1. The van der Waals surface area contributed by atoms with Gasteiger partial charge in [-0.3, -0.25) is 0 Å². The molecule has 1 aromatic heterocycles. The van der Waals surface area contributed by atoms with Gasteiger partial charge in [0.25, 0.3) is 0 Å². The first-order valence-electron chi connectivity index (χ1n) is 6.43. The van der Waals surface area contributed by atoms with Crippen molar-refractivity contribution in [3.05, 3.63) is 47.3 Å². The number of carboxylic acids is 1. The molecule has 0 unspecified atom stereocenters. The second kappa shape index (κ2) is 6.81. The molecule has 110 valence electrons. The van der Waals surface area contributed by atoms with Crippen LogP contribution < -0.4 is 4.74 Å². The number of carboxylic acid groups (broad SMARTS) is 1. The molecule has 0 bridgehead atoms. The standard InChI is InChI=1S/C15H16N2O4/c1-10-9-13(14(18)19)17-15(16-10)21-12-5-3-11(4-6-12)7-8-20-2/h3-6,9H,7-8H2,1-2H3,(H,18,19). The zero-order valence-corrected chi connectivity index (χ0v) is 11.9. The number of nitrogens with zero attached hydrogens (tertiary/aromatic N) is 2. The maximum Gasteiger partial charge on any atom is 0.354 e. The van der Waals surface area contributed by atoms with Crippen LogP contribution in [-0.4, -0.2) is 34.8 Å². The third-order valence-electron chi connectivity index (χ3n) is 2.78. The Hall–Kier alpha value is -2.47. The molecule has 0 atom stereocenters. The van der Waals surface area contributed by atoms with E-state index in [1.807, 2.05) is 12.1 Å². The van der Waals surface area contributed by atoms with Crippen LogP contribution in [0.2, 0.25) is 0 Å². The van der Waals surface area contributed by atoms with E-state index in [1.165, 1.54) is 6.07 Å². The lowest BCUT2D eigenvalue weighted by molar-refractivity contribution is 0.0689. The highest BCUT2D eigenvalue weighted by Crippen LogP contribution is 2.19. The molecule has 2 rings (SSSR count). The van der Waals surface area contributed by atoms with E-state index in [9.17, 15) is 4.79 Å². The summed E-state index contributed by atoms with van der Waals surface area (Å²) in [6.45, 7) is 2.35. The van der Waals surface area contributed by atoms with Gasteiger partial charge in [0.15, 0.2) is 5.69 Å². The van der Waals surface area contributed by atoms with Crippen molar-refractivity contribution in [2.75, 3.05) is 13.7 Å². The molecule has 0 radical (unpaired) electrons. The highest BCUT2D eigenvalue weighted by atomic mass is 16.5. The Balaban J connectivity index is 2.12. The first kappa shape index (κ1) is 14.9. The zero-order chi connectivity index (χ0) is 15.2. The summed E-state index contributed by atoms with van der Waals surface area (Å²) in [4.78, 5) is 18.9. The number of benzene rings is 1. The molecule has 0 saturated carbocycles. The summed E-state index contributed by atoms with van der Waals surface area (Å²) in [5, 5.41) is 8.96. The van der Waals surface area contributed by atoms with Crippen LogP contribution in [0.15, 0.2) is 30.3 Å². The van der Waals surface area contributed by atoms with Gasteiger partial charge in [-0.05, 0) is 37.1 Å². The average molecular weight is 288 g/mol. The lowest BCUT2D eigenvalue weighted by atomic mass is 10.1. The van der Waals surface area contributed by atoms with Gasteiger partial charge in [0.2, 0.25) is 0 Å². The van der Waals surface area contributed by atoms with E-state index in [4.69, 9.17) is 14.6 Å². The lowest BCUT2D eigenvalue weighted by Crippen LogP contribution is -2.04. The molecular weight excluding hydrogens is 272 g/mol. The molecular formula is C15H16N2O4. The van der Waals surface area contributed by atoms with Crippen LogP contribution in [-0.2, 0) is 11.2 Å². The number of carbonyl (C=O) groups is 1. The van der Waals surface area contributed by atoms with Crippen LogP contribution in [0, 0.1) is 6.92 Å². The van der Waals surface area contributed by atoms with Crippen LogP contribution in [0.5, 0.6) is 11.8 Å². The summed E-state index contributed by atoms with van der Waals surface area (Å²) < 4.78 is 10.5. The van der Waals surface area contributed by atoms with Crippen molar-refractivity contribution < 1.29 is 19.4 Å². The van der Waals surface area contributed by atoms with Gasteiger partial charge < -0.3 is 14.6 Å². The van der Waals surface area contributed by atoms with Crippen molar-refractivity contribution in [1.82, 2.24) is 9.97 Å². The SMILES string of the molecule is COCCc1ccc(Oc2nc(C)cc(C(=O)O)n2)cc1. The van der Waals surface area contributed by atoms with Crippen molar-refractivity contribution in [2.24, 2.45) is 0 Å². The predicted molar refractivity (Wildman–Crippen MR) is 75.8 cm³/mol. The summed E-state index contributed by atoms with van der Waals surface area (Å²) in [7, 11) is 1.66. The molecule has 0 saturated heterocycles. The molecule has 0 aliphatic carbocycles. The van der Waals surface area contributed by atoms with E-state index in [0.29, 0.717) is 18.1 Å². The molecule has 6 nitrogen and oxygen atoms in total. The molecule has 0 fully saturated rings. The Kier molecular flexibility index (Phi) is 4.84. The molecule has 0 amide bonds. The van der Waals surface area contributed by atoms with E-state index in [0.717, 1.165) is 12.0 Å². The van der Waals surface area contributed by atoms with Crippen LogP contribution in [0.4, 0.5) is 0 Å². The van der Waals surface area contributed by atoms with Gasteiger partial charge in [-0.15, -0.1) is 0 Å². The smallest absolute Gasteiger partial charge is 0.354 e. The molecule has 0 spiro atoms. The van der Waals surface area contributed by atoms with E-state index >= 15 is 0 Å². The molecule has 2 aromatic rings. The first-order chi connectivity index (χ1) is 10.1. The fraction of sp³-hybridized carbons (Fsp3) is 0.267. The third-order valence-corrected chi connectivity index (χ3v) is 2.78. The maximum absolute atomic E-state index is 10.9. The summed E-state index contributed by atoms with van der Waals surface area (Å²) in [6.07, 6.45) is 0.820. The molecule has 6 heteroatoms. The third kappa shape index (κ3) is 4.25. The van der Waals surface area contributed by atoms with E-state index < -0.39 is 5.97 Å². The number of hydrogen-bond acceptors (Lipinski definition) is 5. The van der Waals surface area contributed by atoms with Crippen molar-refractivity contribution in [1.29, 1.82) is 0 Å². The molecule has 1 N–H and O–H groups in total. The number of aromatic nitrogens is 2. The van der Waals surface area contributed by atoms with Crippen molar-refractivity contribution >= 4 is 5.97 Å². The van der Waals surface area contributed by atoms with Crippen molar-refractivity contribution in [3.8, 4) is 11.8 Å². The molecule has 1 aromatic carbocycles. The first-order valence-corrected chi connectivity index (χ1v) is 6.43. The minimum Gasteiger partial charge on any atom is -0.477 e. The molecule has 0 aliphatic rings. The fourth-order valence-electron chi connectivity index (χ4n) is 1.75. The normalized spacial score (nSPS) is 10.4. The van der Waals surface area contributed by atoms with Crippen LogP contribution >= 0.6 is 0 Å². The summed E-state index contributed by atoms with van der Waals surface area (Å²) >= 11 is 0. The van der Waals surface area contributed by atoms with E-state index in [-0.39, 0.29) is 11.7 Å². The number of aryl methyl sites for hydroxylation is 1. The quantitative estimate of drug-likeness (QED) is 0.879. The van der Waals surface area contributed by atoms with Gasteiger partial charge in [0.1, 0.15) is 5.75 Å². The van der Waals surface area contributed by atoms with Gasteiger partial charge in [0, 0.05) is 12.8 Å². The van der Waals surface area contributed by atoms with Gasteiger partial charge in [-0.25, -0.2) is 9.78 Å². The predicted octanol–water partition coefficient (Wildman–Crippen LogP) is 2.46. The molecule has 21 heavy (non-hydrogen) atoms. The topological polar surface area (TPSA) is 81.5 Å². The number of ether oxygens (including phenoxy) is 2. The second-order valence-electron chi connectivity index (χ2n) is 4.47. The largest absolute Gasteiger partial charge is 0.477 e. The van der Waals surface area contributed by atoms with Gasteiger partial charge >= 0.3 is 12.0 Å². The zero-order valence-electron chi connectivity index (χ0n) is 11.9. The maximum atomic E-state index is 10.9. The van der Waals surface area contributed by atoms with Gasteiger partial charge in [-0.2, -0.15) is 4.98 Å². The highest BCUT2D eigenvalue weighted by Gasteiger charge is 2.10. The Morgan fingerprint density at radius 3 is 2.57 bits per heavy atom. The Labute approximate surface area is 122 Å². The van der Waals surface area contributed by atoms with Crippen molar-refractivity contribution in [3.63, 3.8) is 0 Å². The van der Waals surface area contributed by atoms with Crippen LogP contribution in [0.25, 0.3) is 0 Å². The van der Waals surface area contributed by atoms with Gasteiger partial charge in [0.05, 0.1) is 6.61 Å². The number of rotatable bonds is 6. The van der Waals surface area contributed by atoms with Crippen LogP contribution in [0.3, 0.4) is 0 Å². The Morgan fingerprint density at radius 1 is 1.24 bits per heavy atom. The number of aromatic carboxylic acids is 1. The Bertz CT molecular complexity index is 626. The average Bonchev–Trinajstić information content (AvgIpc) is 2.46. The molecule has 1 heterocycles. The second-order valence-corrected chi connectivity index (χ2v) is 4.47. The van der Waals surface area contributed by atoms with E-state index in [2.05, 4.69) is 9.97 Å². The van der Waals surface area contributed by atoms with E-state index in [1.54, 1.807) is 26.2 Å². The number of hydrogen-bond donors (Lipinski definition) is 1. The van der Waals surface area contributed by atoms with Crippen molar-refractivity contribution in [2.45, 2.75) is 13.3 Å². The van der Waals surface area contributed by atoms with Crippen LogP contribution in [0.1, 0.15) is 21.7 Å². The molecule has 0 aliphatic heterocycles. The highest BCUT2D eigenvalue weighted by molar-refractivity contribution is 5.85. The summed E-state index contributed by atoms with van der Waals surface area (Å²) in [6, 6.07) is 8.83. The summed E-state index contributed by atoms with van der Waals surface area (Å²) in [5.41, 5.74) is 1.57. The minimum atomic E-state index is -1.11. The minimum absolute atomic E-state index is 0.0250. The van der Waals surface area contributed by atoms with Gasteiger partial charge in [-0.1, -0.05) is 12.1 Å². The summed E-state index contributed by atoms with van der Waals surface area (Å²) in [5.74, 6) is -0.557. The Morgan fingerprint density at radius 2 is 1.95 bits per heavy atom. The lowest BCUT2D eigenvalue weighted by Gasteiger charge is -2.06. The monoisotopic (exact) mass is 288 g/mol. The fourth-order valence-corrected chi connectivity index (χ4v) is 1.75.